The first-order valence-corrected chi connectivity index (χ1v) is 5.16. The van der Waals surface area contributed by atoms with Crippen LogP contribution in [0.25, 0.3) is 0 Å². The van der Waals surface area contributed by atoms with Crippen molar-refractivity contribution < 1.29 is 22.7 Å². The van der Waals surface area contributed by atoms with E-state index in [2.05, 4.69) is 10.1 Å². The summed E-state index contributed by atoms with van der Waals surface area (Å²) in [6.07, 6.45) is -4.70. The van der Waals surface area contributed by atoms with Crippen LogP contribution in [0, 0.1) is 0 Å². The van der Waals surface area contributed by atoms with Crippen LogP contribution in [0.15, 0.2) is 24.3 Å². The van der Waals surface area contributed by atoms with E-state index in [-0.39, 0.29) is 30.6 Å². The van der Waals surface area contributed by atoms with Crippen molar-refractivity contribution in [3.63, 3.8) is 0 Å². The van der Waals surface area contributed by atoms with Crippen molar-refractivity contribution in [3.8, 4) is 5.75 Å². The van der Waals surface area contributed by atoms with Crippen LogP contribution in [-0.4, -0.2) is 18.3 Å². The predicted octanol–water partition coefficient (Wildman–Crippen LogP) is 1.97. The lowest BCUT2D eigenvalue weighted by atomic mass is 10.2. The second-order valence-electron chi connectivity index (χ2n) is 3.70. The van der Waals surface area contributed by atoms with E-state index in [4.69, 9.17) is 5.73 Å². The van der Waals surface area contributed by atoms with Crippen molar-refractivity contribution in [3.05, 3.63) is 29.8 Å². The molecule has 19 heavy (non-hydrogen) atoms. The lowest BCUT2D eigenvalue weighted by molar-refractivity contribution is -0.274. The van der Waals surface area contributed by atoms with Crippen LogP contribution >= 0.6 is 12.4 Å². The Morgan fingerprint density at radius 1 is 1.37 bits per heavy atom. The molecule has 4 nitrogen and oxygen atoms in total. The zero-order chi connectivity index (χ0) is 13.8. The molecular weight excluding hydrogens is 285 g/mol. The number of amides is 1. The van der Waals surface area contributed by atoms with Crippen molar-refractivity contribution in [2.75, 3.05) is 0 Å². The van der Waals surface area contributed by atoms with Crippen molar-refractivity contribution in [2.45, 2.75) is 25.9 Å². The first-order valence-electron chi connectivity index (χ1n) is 5.16. The lowest BCUT2D eigenvalue weighted by Crippen LogP contribution is -2.37. The topological polar surface area (TPSA) is 64.4 Å². The third kappa shape index (κ3) is 6.88. The maximum absolute atomic E-state index is 11.9. The quantitative estimate of drug-likeness (QED) is 0.893. The lowest BCUT2D eigenvalue weighted by Gasteiger charge is -2.10. The van der Waals surface area contributed by atoms with E-state index < -0.39 is 12.4 Å². The summed E-state index contributed by atoms with van der Waals surface area (Å²) >= 11 is 0. The molecule has 0 aliphatic carbocycles. The highest BCUT2D eigenvalue weighted by molar-refractivity contribution is 5.85. The van der Waals surface area contributed by atoms with Gasteiger partial charge in [0.05, 0.1) is 6.04 Å². The Morgan fingerprint density at radius 2 is 1.89 bits per heavy atom. The summed E-state index contributed by atoms with van der Waals surface area (Å²) in [6.45, 7) is 1.74. The first-order chi connectivity index (χ1) is 8.28. The van der Waals surface area contributed by atoms with Crippen molar-refractivity contribution >= 4 is 18.3 Å². The third-order valence-corrected chi connectivity index (χ3v) is 2.04. The Morgan fingerprint density at radius 3 is 2.32 bits per heavy atom. The molecule has 0 aliphatic rings. The van der Waals surface area contributed by atoms with Crippen LogP contribution in [-0.2, 0) is 11.3 Å². The normalized spacial score (nSPS) is 12.3. The fourth-order valence-corrected chi connectivity index (χ4v) is 1.16. The number of hydrogen-bond acceptors (Lipinski definition) is 3. The van der Waals surface area contributed by atoms with Gasteiger partial charge in [0.15, 0.2) is 0 Å². The standard InChI is InChI=1S/C11H13F3N2O2.ClH/c1-7(15)10(17)16-6-8-2-4-9(5-3-8)18-11(12,13)14;/h2-5,7H,6,15H2,1H3,(H,16,17);1H/t7-;/m0./s1. The van der Waals surface area contributed by atoms with Crippen molar-refractivity contribution in [1.29, 1.82) is 0 Å². The summed E-state index contributed by atoms with van der Waals surface area (Å²) in [4.78, 5) is 11.2. The van der Waals surface area contributed by atoms with E-state index >= 15 is 0 Å². The fraction of sp³-hybridized carbons (Fsp3) is 0.364. The predicted molar refractivity (Wildman–Crippen MR) is 65.9 cm³/mol. The second-order valence-corrected chi connectivity index (χ2v) is 3.70. The molecule has 0 aromatic heterocycles. The molecule has 0 radical (unpaired) electrons. The molecule has 1 rings (SSSR count). The summed E-state index contributed by atoms with van der Waals surface area (Å²) in [5.74, 6) is -0.629. The summed E-state index contributed by atoms with van der Waals surface area (Å²) < 4.78 is 39.4. The molecule has 1 amide bonds. The molecule has 0 saturated carbocycles. The van der Waals surface area contributed by atoms with Gasteiger partial charge in [-0.05, 0) is 24.6 Å². The summed E-state index contributed by atoms with van der Waals surface area (Å²) in [5.41, 5.74) is 5.99. The molecule has 1 aromatic carbocycles. The van der Waals surface area contributed by atoms with Crippen molar-refractivity contribution in [1.82, 2.24) is 5.32 Å². The number of rotatable bonds is 4. The highest BCUT2D eigenvalue weighted by Crippen LogP contribution is 2.22. The minimum atomic E-state index is -4.70. The van der Waals surface area contributed by atoms with Crippen LogP contribution < -0.4 is 15.8 Å². The molecule has 0 heterocycles. The summed E-state index contributed by atoms with van der Waals surface area (Å²) in [5, 5.41) is 2.54. The number of carbonyl (C=O) groups excluding carboxylic acids is 1. The molecule has 8 heteroatoms. The minimum Gasteiger partial charge on any atom is -0.406 e. The molecular formula is C11H14ClF3N2O2. The van der Waals surface area contributed by atoms with Crippen molar-refractivity contribution in [2.24, 2.45) is 5.73 Å². The van der Waals surface area contributed by atoms with Gasteiger partial charge in [-0.25, -0.2) is 0 Å². The van der Waals surface area contributed by atoms with Gasteiger partial charge in [-0.15, -0.1) is 25.6 Å². The molecule has 0 saturated heterocycles. The zero-order valence-corrected chi connectivity index (χ0v) is 10.8. The van der Waals surface area contributed by atoms with E-state index in [1.165, 1.54) is 31.2 Å². The number of carbonyl (C=O) groups is 1. The monoisotopic (exact) mass is 298 g/mol. The average Bonchev–Trinajstić information content (AvgIpc) is 2.25. The molecule has 108 valence electrons. The van der Waals surface area contributed by atoms with Crippen LogP contribution in [0.3, 0.4) is 0 Å². The van der Waals surface area contributed by atoms with Crippen LogP contribution in [0.1, 0.15) is 12.5 Å². The fourth-order valence-electron chi connectivity index (χ4n) is 1.16. The molecule has 0 fully saturated rings. The average molecular weight is 299 g/mol. The highest BCUT2D eigenvalue weighted by atomic mass is 35.5. The molecule has 1 atom stereocenters. The van der Waals surface area contributed by atoms with Crippen LogP contribution in [0.4, 0.5) is 13.2 Å². The van der Waals surface area contributed by atoms with Gasteiger partial charge in [-0.2, -0.15) is 0 Å². The van der Waals surface area contributed by atoms with Crippen LogP contribution in [0.5, 0.6) is 5.75 Å². The smallest absolute Gasteiger partial charge is 0.406 e. The Kier molecular flexibility index (Phi) is 6.64. The van der Waals surface area contributed by atoms with E-state index in [9.17, 15) is 18.0 Å². The van der Waals surface area contributed by atoms with E-state index in [1.807, 2.05) is 0 Å². The second kappa shape index (κ2) is 7.20. The minimum absolute atomic E-state index is 0. The molecule has 1 aromatic rings. The first kappa shape index (κ1) is 17.5. The Bertz CT molecular complexity index is 407. The molecule has 0 aliphatic heterocycles. The van der Waals surface area contributed by atoms with E-state index in [0.717, 1.165) is 0 Å². The number of nitrogens with one attached hydrogen (secondary N) is 1. The number of benzene rings is 1. The molecule has 0 unspecified atom stereocenters. The largest absolute Gasteiger partial charge is 0.573 e. The number of ether oxygens (including phenoxy) is 1. The van der Waals surface area contributed by atoms with E-state index in [0.29, 0.717) is 5.56 Å². The summed E-state index contributed by atoms with van der Waals surface area (Å²) in [7, 11) is 0. The third-order valence-electron chi connectivity index (χ3n) is 2.04. The van der Waals surface area contributed by atoms with Gasteiger partial charge in [0.25, 0.3) is 0 Å². The number of halogens is 4. The van der Waals surface area contributed by atoms with Gasteiger partial charge in [0, 0.05) is 6.54 Å². The number of hydrogen-bond donors (Lipinski definition) is 2. The number of nitrogens with two attached hydrogens (primary N) is 1. The van der Waals surface area contributed by atoms with Crippen LogP contribution in [0.2, 0.25) is 0 Å². The zero-order valence-electron chi connectivity index (χ0n) is 10.0. The van der Waals surface area contributed by atoms with Gasteiger partial charge in [-0.1, -0.05) is 12.1 Å². The van der Waals surface area contributed by atoms with E-state index in [1.54, 1.807) is 0 Å². The Labute approximate surface area is 114 Å². The van der Waals surface area contributed by atoms with Gasteiger partial charge in [0.2, 0.25) is 5.91 Å². The highest BCUT2D eigenvalue weighted by Gasteiger charge is 2.30. The molecule has 0 spiro atoms. The SMILES string of the molecule is C[C@H](N)C(=O)NCc1ccc(OC(F)(F)F)cc1.Cl. The van der Waals surface area contributed by atoms with Gasteiger partial charge in [-0.3, -0.25) is 4.79 Å². The Balaban J connectivity index is 0.00000324. The summed E-state index contributed by atoms with van der Waals surface area (Å²) in [6, 6.07) is 4.60. The number of alkyl halides is 3. The van der Waals surface area contributed by atoms with Gasteiger partial charge in [0.1, 0.15) is 5.75 Å². The maximum Gasteiger partial charge on any atom is 0.573 e. The van der Waals surface area contributed by atoms with Gasteiger partial charge < -0.3 is 15.8 Å². The van der Waals surface area contributed by atoms with Gasteiger partial charge >= 0.3 is 6.36 Å². The molecule has 3 N–H and O–H groups in total. The Hall–Kier alpha value is -1.47. The maximum atomic E-state index is 11.9. The molecule has 0 bridgehead atoms.